The Morgan fingerprint density at radius 2 is 2.08 bits per heavy atom. The lowest BCUT2D eigenvalue weighted by Crippen LogP contribution is -2.14. The van der Waals surface area contributed by atoms with Gasteiger partial charge in [-0.1, -0.05) is 0 Å². The van der Waals surface area contributed by atoms with E-state index in [4.69, 9.17) is 5.14 Å². The topological polar surface area (TPSA) is 73.1 Å². The molecular weight excluding hydrogens is 183 g/mol. The van der Waals surface area contributed by atoms with E-state index in [1.54, 1.807) is 6.92 Å². The fourth-order valence-electron chi connectivity index (χ4n) is 0.724. The molecule has 4 nitrogen and oxygen atoms in total. The monoisotopic (exact) mass is 190 g/mol. The Kier molecular flexibility index (Phi) is 2.12. The van der Waals surface area contributed by atoms with Crippen LogP contribution >= 0.6 is 0 Å². The second-order valence-electron chi connectivity index (χ2n) is 2.29. The molecule has 0 atom stereocenters. The predicted octanol–water partition coefficient (Wildman–Crippen LogP) is 0.177. The van der Waals surface area contributed by atoms with Gasteiger partial charge in [0.05, 0.1) is 0 Å². The molecule has 0 bridgehead atoms. The molecule has 0 aliphatic heterocycles. The maximum atomic E-state index is 12.8. The number of rotatable bonds is 1. The molecule has 6 heteroatoms. The molecule has 0 amide bonds. The van der Waals surface area contributed by atoms with Crippen molar-refractivity contribution in [2.45, 2.75) is 11.8 Å². The van der Waals surface area contributed by atoms with Crippen molar-refractivity contribution >= 4 is 10.0 Å². The molecule has 0 unspecified atom stereocenters. The molecule has 0 aliphatic carbocycles. The van der Waals surface area contributed by atoms with Crippen LogP contribution in [0, 0.1) is 12.9 Å². The molecule has 0 saturated carbocycles. The van der Waals surface area contributed by atoms with Gasteiger partial charge in [-0.3, -0.25) is 0 Å². The summed E-state index contributed by atoms with van der Waals surface area (Å²) < 4.78 is 34.1. The Balaban J connectivity index is 3.39. The van der Waals surface area contributed by atoms with E-state index in [0.29, 0.717) is 5.69 Å². The van der Waals surface area contributed by atoms with Gasteiger partial charge in [0.15, 0.2) is 0 Å². The minimum Gasteiger partial charge on any atom is -0.224 e. The highest BCUT2D eigenvalue weighted by atomic mass is 32.2. The first-order chi connectivity index (χ1) is 5.41. The lowest BCUT2D eigenvalue weighted by Gasteiger charge is -1.98. The SMILES string of the molecule is Cc1ccc(S(N)(=O)=O)c(F)n1. The molecule has 0 radical (unpaired) electrons. The minimum absolute atomic E-state index is 0.403. The van der Waals surface area contributed by atoms with Crippen molar-refractivity contribution in [2.75, 3.05) is 0 Å². The first-order valence-corrected chi connectivity index (χ1v) is 4.62. The van der Waals surface area contributed by atoms with Crippen molar-refractivity contribution in [1.29, 1.82) is 0 Å². The maximum absolute atomic E-state index is 12.8. The fourth-order valence-corrected chi connectivity index (χ4v) is 1.26. The lowest BCUT2D eigenvalue weighted by atomic mass is 10.4. The number of sulfonamides is 1. The van der Waals surface area contributed by atoms with Gasteiger partial charge < -0.3 is 0 Å². The van der Waals surface area contributed by atoms with Crippen LogP contribution in [-0.4, -0.2) is 13.4 Å². The van der Waals surface area contributed by atoms with Gasteiger partial charge in [-0.25, -0.2) is 18.5 Å². The number of halogens is 1. The predicted molar refractivity (Wildman–Crippen MR) is 40.3 cm³/mol. The van der Waals surface area contributed by atoms with Crippen LogP contribution in [0.15, 0.2) is 17.0 Å². The van der Waals surface area contributed by atoms with Crippen LogP contribution in [0.4, 0.5) is 4.39 Å². The summed E-state index contributed by atoms with van der Waals surface area (Å²) in [7, 11) is -3.99. The average molecular weight is 190 g/mol. The Labute approximate surface area is 69.3 Å². The molecule has 0 aliphatic rings. The van der Waals surface area contributed by atoms with Crippen LogP contribution in [0.1, 0.15) is 5.69 Å². The van der Waals surface area contributed by atoms with Gasteiger partial charge >= 0.3 is 0 Å². The van der Waals surface area contributed by atoms with Crippen molar-refractivity contribution in [1.82, 2.24) is 4.98 Å². The Hall–Kier alpha value is -1.01. The minimum atomic E-state index is -3.99. The van der Waals surface area contributed by atoms with E-state index in [9.17, 15) is 12.8 Å². The third-order valence-corrected chi connectivity index (χ3v) is 2.18. The van der Waals surface area contributed by atoms with Crippen molar-refractivity contribution in [2.24, 2.45) is 5.14 Å². The molecule has 0 spiro atoms. The molecule has 1 heterocycles. The van der Waals surface area contributed by atoms with Crippen molar-refractivity contribution < 1.29 is 12.8 Å². The van der Waals surface area contributed by atoms with Gasteiger partial charge in [0.1, 0.15) is 4.90 Å². The fraction of sp³-hybridized carbons (Fsp3) is 0.167. The molecule has 2 N–H and O–H groups in total. The molecule has 1 aromatic heterocycles. The highest BCUT2D eigenvalue weighted by molar-refractivity contribution is 7.89. The van der Waals surface area contributed by atoms with Crippen LogP contribution in [0.2, 0.25) is 0 Å². The van der Waals surface area contributed by atoms with Crippen LogP contribution in [-0.2, 0) is 10.0 Å². The summed E-state index contributed by atoms with van der Waals surface area (Å²) in [6.45, 7) is 1.55. The zero-order valence-corrected chi connectivity index (χ0v) is 7.10. The number of hydrogen-bond acceptors (Lipinski definition) is 3. The van der Waals surface area contributed by atoms with Gasteiger partial charge in [0, 0.05) is 5.69 Å². The smallest absolute Gasteiger partial charge is 0.224 e. The second-order valence-corrected chi connectivity index (χ2v) is 3.82. The highest BCUT2D eigenvalue weighted by Crippen LogP contribution is 2.09. The van der Waals surface area contributed by atoms with Gasteiger partial charge in [-0.05, 0) is 19.1 Å². The number of aromatic nitrogens is 1. The van der Waals surface area contributed by atoms with Gasteiger partial charge in [0.25, 0.3) is 0 Å². The van der Waals surface area contributed by atoms with E-state index >= 15 is 0 Å². The summed E-state index contributed by atoms with van der Waals surface area (Å²) in [4.78, 5) is 2.74. The van der Waals surface area contributed by atoms with E-state index in [1.807, 2.05) is 0 Å². The van der Waals surface area contributed by atoms with Gasteiger partial charge in [0.2, 0.25) is 16.0 Å². The van der Waals surface area contributed by atoms with Crippen LogP contribution in [0.5, 0.6) is 0 Å². The van der Waals surface area contributed by atoms with Crippen LogP contribution in [0.25, 0.3) is 0 Å². The zero-order chi connectivity index (χ0) is 9.35. The Bertz CT molecular complexity index is 402. The Morgan fingerprint density at radius 1 is 1.50 bits per heavy atom. The van der Waals surface area contributed by atoms with E-state index in [1.165, 1.54) is 6.07 Å². The first kappa shape index (κ1) is 9.08. The molecule has 1 rings (SSSR count). The van der Waals surface area contributed by atoms with Crippen molar-refractivity contribution in [3.05, 3.63) is 23.8 Å². The number of nitrogens with zero attached hydrogens (tertiary/aromatic N) is 1. The van der Waals surface area contributed by atoms with Gasteiger partial charge in [-0.2, -0.15) is 4.39 Å². The van der Waals surface area contributed by atoms with Crippen molar-refractivity contribution in [3.8, 4) is 0 Å². The average Bonchev–Trinajstić information content (AvgIpc) is 1.83. The lowest BCUT2D eigenvalue weighted by molar-refractivity contribution is 0.536. The number of primary sulfonamides is 1. The molecule has 12 heavy (non-hydrogen) atoms. The summed E-state index contributed by atoms with van der Waals surface area (Å²) in [5, 5.41) is 4.70. The summed E-state index contributed by atoms with van der Waals surface area (Å²) in [6, 6.07) is 2.47. The first-order valence-electron chi connectivity index (χ1n) is 3.07. The molecule has 66 valence electrons. The third kappa shape index (κ3) is 1.77. The van der Waals surface area contributed by atoms with E-state index in [-0.39, 0.29) is 0 Å². The molecule has 1 aromatic rings. The molecular formula is C6H7FN2O2S. The largest absolute Gasteiger partial charge is 0.242 e. The molecule has 0 fully saturated rings. The summed E-state index contributed by atoms with van der Waals surface area (Å²) in [5.74, 6) is -1.06. The zero-order valence-electron chi connectivity index (χ0n) is 6.28. The third-order valence-electron chi connectivity index (χ3n) is 1.26. The van der Waals surface area contributed by atoms with Gasteiger partial charge in [-0.15, -0.1) is 0 Å². The Morgan fingerprint density at radius 3 is 2.50 bits per heavy atom. The summed E-state index contributed by atoms with van der Waals surface area (Å²) in [6.07, 6.45) is 0. The van der Waals surface area contributed by atoms with E-state index in [2.05, 4.69) is 4.98 Å². The van der Waals surface area contributed by atoms with E-state index in [0.717, 1.165) is 6.07 Å². The number of hydrogen-bond donors (Lipinski definition) is 1. The molecule has 0 saturated heterocycles. The van der Waals surface area contributed by atoms with Crippen LogP contribution in [0.3, 0.4) is 0 Å². The van der Waals surface area contributed by atoms with Crippen molar-refractivity contribution in [3.63, 3.8) is 0 Å². The quantitative estimate of drug-likeness (QED) is 0.642. The highest BCUT2D eigenvalue weighted by Gasteiger charge is 2.14. The summed E-state index contributed by atoms with van der Waals surface area (Å²) in [5.41, 5.74) is 0.403. The molecule has 0 aromatic carbocycles. The van der Waals surface area contributed by atoms with E-state index < -0.39 is 20.9 Å². The number of nitrogens with two attached hydrogens (primary N) is 1. The second kappa shape index (κ2) is 2.80. The number of aryl methyl sites for hydroxylation is 1. The maximum Gasteiger partial charge on any atom is 0.242 e. The standard InChI is InChI=1S/C6H7FN2O2S/c1-4-2-3-5(6(7)9-4)12(8,10)11/h2-3H,1H3,(H2,8,10,11). The number of pyridine rings is 1. The normalized spacial score (nSPS) is 11.6. The summed E-state index contributed by atoms with van der Waals surface area (Å²) >= 11 is 0. The van der Waals surface area contributed by atoms with Crippen LogP contribution < -0.4 is 5.14 Å².